The van der Waals surface area contributed by atoms with Gasteiger partial charge in [-0.1, -0.05) is 6.07 Å². The number of methoxy groups -OCH3 is 1. The molecule has 1 aliphatic rings. The van der Waals surface area contributed by atoms with E-state index in [4.69, 9.17) is 10.5 Å². The SMILES string of the molecule is COC(CN)CC(=O)N1CCCC1c1cccs1.Cl. The van der Waals surface area contributed by atoms with Gasteiger partial charge in [0, 0.05) is 25.1 Å². The van der Waals surface area contributed by atoms with E-state index in [1.165, 1.54) is 4.88 Å². The minimum Gasteiger partial charge on any atom is -0.380 e. The van der Waals surface area contributed by atoms with Crippen LogP contribution in [-0.2, 0) is 9.53 Å². The first-order chi connectivity index (χ1) is 8.76. The van der Waals surface area contributed by atoms with Gasteiger partial charge in [-0.2, -0.15) is 0 Å². The molecular weight excluding hydrogens is 284 g/mol. The van der Waals surface area contributed by atoms with Crippen molar-refractivity contribution < 1.29 is 9.53 Å². The molecule has 0 bridgehead atoms. The summed E-state index contributed by atoms with van der Waals surface area (Å²) < 4.78 is 5.19. The van der Waals surface area contributed by atoms with Crippen LogP contribution in [0.5, 0.6) is 0 Å². The Labute approximate surface area is 124 Å². The first kappa shape index (κ1) is 16.4. The number of carbonyl (C=O) groups excluding carboxylic acids is 1. The first-order valence-electron chi connectivity index (χ1n) is 6.32. The van der Waals surface area contributed by atoms with Crippen LogP contribution in [0.4, 0.5) is 0 Å². The number of carbonyl (C=O) groups is 1. The van der Waals surface area contributed by atoms with E-state index in [1.807, 2.05) is 11.0 Å². The number of hydrogen-bond acceptors (Lipinski definition) is 4. The van der Waals surface area contributed by atoms with Crippen LogP contribution >= 0.6 is 23.7 Å². The number of nitrogens with zero attached hydrogens (tertiary/aromatic N) is 1. The average Bonchev–Trinajstić information content (AvgIpc) is 3.04. The number of amides is 1. The van der Waals surface area contributed by atoms with Crippen LogP contribution in [0, 0.1) is 0 Å². The van der Waals surface area contributed by atoms with Crippen LogP contribution in [0.25, 0.3) is 0 Å². The van der Waals surface area contributed by atoms with Gasteiger partial charge in [0.15, 0.2) is 0 Å². The predicted molar refractivity (Wildman–Crippen MR) is 79.7 cm³/mol. The molecule has 0 radical (unpaired) electrons. The number of hydrogen-bond donors (Lipinski definition) is 1. The maximum absolute atomic E-state index is 12.3. The molecule has 0 aliphatic carbocycles. The van der Waals surface area contributed by atoms with E-state index in [-0.39, 0.29) is 30.5 Å². The van der Waals surface area contributed by atoms with Crippen LogP contribution in [0.3, 0.4) is 0 Å². The molecule has 2 atom stereocenters. The van der Waals surface area contributed by atoms with Crippen LogP contribution < -0.4 is 5.73 Å². The Kier molecular flexibility index (Phi) is 6.79. The molecule has 6 heteroatoms. The fourth-order valence-electron chi connectivity index (χ4n) is 2.42. The first-order valence-corrected chi connectivity index (χ1v) is 7.20. The highest BCUT2D eigenvalue weighted by atomic mass is 35.5. The molecular formula is C13H21ClN2O2S. The number of rotatable bonds is 5. The fourth-order valence-corrected chi connectivity index (χ4v) is 3.29. The van der Waals surface area contributed by atoms with E-state index in [0.717, 1.165) is 19.4 Å². The van der Waals surface area contributed by atoms with Gasteiger partial charge < -0.3 is 15.4 Å². The minimum absolute atomic E-state index is 0. The molecule has 1 fully saturated rings. The normalized spacial score (nSPS) is 20.1. The van der Waals surface area contributed by atoms with Gasteiger partial charge in [-0.3, -0.25) is 4.79 Å². The van der Waals surface area contributed by atoms with Crippen molar-refractivity contribution in [3.8, 4) is 0 Å². The molecule has 4 nitrogen and oxygen atoms in total. The molecule has 1 aromatic rings. The van der Waals surface area contributed by atoms with Crippen molar-refractivity contribution >= 4 is 29.7 Å². The zero-order valence-corrected chi connectivity index (χ0v) is 12.7. The lowest BCUT2D eigenvalue weighted by Crippen LogP contribution is -2.35. The minimum atomic E-state index is -0.165. The maximum atomic E-state index is 12.3. The van der Waals surface area contributed by atoms with Crippen molar-refractivity contribution in [2.24, 2.45) is 5.73 Å². The Morgan fingerprint density at radius 3 is 3.05 bits per heavy atom. The predicted octanol–water partition coefficient (Wildman–Crippen LogP) is 2.20. The van der Waals surface area contributed by atoms with Crippen LogP contribution in [0.2, 0.25) is 0 Å². The van der Waals surface area contributed by atoms with Crippen molar-refractivity contribution in [3.05, 3.63) is 22.4 Å². The van der Waals surface area contributed by atoms with Gasteiger partial charge >= 0.3 is 0 Å². The van der Waals surface area contributed by atoms with E-state index in [1.54, 1.807) is 18.4 Å². The Bertz CT molecular complexity index is 382. The van der Waals surface area contributed by atoms with Crippen molar-refractivity contribution in [2.75, 3.05) is 20.2 Å². The number of thiophene rings is 1. The van der Waals surface area contributed by atoms with Gasteiger partial charge in [-0.25, -0.2) is 0 Å². The second kappa shape index (κ2) is 7.85. The van der Waals surface area contributed by atoms with Gasteiger partial charge in [-0.15, -0.1) is 23.7 Å². The third-order valence-corrected chi connectivity index (χ3v) is 4.42. The van der Waals surface area contributed by atoms with Crippen molar-refractivity contribution in [1.29, 1.82) is 0 Å². The van der Waals surface area contributed by atoms with Gasteiger partial charge in [0.1, 0.15) is 0 Å². The molecule has 19 heavy (non-hydrogen) atoms. The van der Waals surface area contributed by atoms with Gasteiger partial charge in [0.2, 0.25) is 5.91 Å². The number of likely N-dealkylation sites (tertiary alicyclic amines) is 1. The molecule has 0 spiro atoms. The second-order valence-corrected chi connectivity index (χ2v) is 5.54. The Hall–Kier alpha value is -0.620. The van der Waals surface area contributed by atoms with Crippen LogP contribution in [0.1, 0.15) is 30.2 Å². The highest BCUT2D eigenvalue weighted by Gasteiger charge is 2.31. The second-order valence-electron chi connectivity index (χ2n) is 4.56. The summed E-state index contributed by atoms with van der Waals surface area (Å²) in [6.45, 7) is 1.24. The zero-order valence-electron chi connectivity index (χ0n) is 11.1. The average molecular weight is 305 g/mol. The Morgan fingerprint density at radius 1 is 1.68 bits per heavy atom. The molecule has 2 heterocycles. The quantitative estimate of drug-likeness (QED) is 0.907. The smallest absolute Gasteiger partial charge is 0.225 e. The summed E-state index contributed by atoms with van der Waals surface area (Å²) in [5.74, 6) is 0.156. The molecule has 0 saturated carbocycles. The summed E-state index contributed by atoms with van der Waals surface area (Å²) in [5, 5.41) is 2.06. The highest BCUT2D eigenvalue weighted by molar-refractivity contribution is 7.10. The van der Waals surface area contributed by atoms with Gasteiger partial charge in [-0.05, 0) is 24.3 Å². The molecule has 0 aromatic carbocycles. The summed E-state index contributed by atoms with van der Waals surface area (Å²) in [6, 6.07) is 4.41. The number of nitrogens with two attached hydrogens (primary N) is 1. The Morgan fingerprint density at radius 2 is 2.47 bits per heavy atom. The third kappa shape index (κ3) is 3.92. The summed E-state index contributed by atoms with van der Waals surface area (Å²) in [4.78, 5) is 15.5. The molecule has 108 valence electrons. The lowest BCUT2D eigenvalue weighted by Gasteiger charge is -2.25. The van der Waals surface area contributed by atoms with Crippen molar-refractivity contribution in [2.45, 2.75) is 31.4 Å². The van der Waals surface area contributed by atoms with E-state index in [0.29, 0.717) is 13.0 Å². The lowest BCUT2D eigenvalue weighted by atomic mass is 10.1. The summed E-state index contributed by atoms with van der Waals surface area (Å²) in [5.41, 5.74) is 5.57. The summed E-state index contributed by atoms with van der Waals surface area (Å²) in [7, 11) is 1.60. The maximum Gasteiger partial charge on any atom is 0.225 e. The molecule has 2 unspecified atom stereocenters. The summed E-state index contributed by atoms with van der Waals surface area (Å²) in [6.07, 6.45) is 2.36. The lowest BCUT2D eigenvalue weighted by molar-refractivity contribution is -0.134. The van der Waals surface area contributed by atoms with Crippen LogP contribution in [-0.4, -0.2) is 37.1 Å². The molecule has 1 aromatic heterocycles. The van der Waals surface area contributed by atoms with Gasteiger partial charge in [0.05, 0.1) is 18.6 Å². The van der Waals surface area contributed by atoms with Gasteiger partial charge in [0.25, 0.3) is 0 Å². The topological polar surface area (TPSA) is 55.6 Å². The van der Waals surface area contributed by atoms with E-state index < -0.39 is 0 Å². The zero-order chi connectivity index (χ0) is 13.0. The fraction of sp³-hybridized carbons (Fsp3) is 0.615. The Balaban J connectivity index is 0.00000180. The van der Waals surface area contributed by atoms with Crippen molar-refractivity contribution in [1.82, 2.24) is 4.90 Å². The molecule has 2 N–H and O–H groups in total. The highest BCUT2D eigenvalue weighted by Crippen LogP contribution is 2.34. The number of halogens is 1. The summed E-state index contributed by atoms with van der Waals surface area (Å²) >= 11 is 1.72. The standard InChI is InChI=1S/C13H20N2O2S.ClH/c1-17-10(9-14)8-13(16)15-6-2-4-11(15)12-5-3-7-18-12;/h3,5,7,10-11H,2,4,6,8-9,14H2,1H3;1H. The van der Waals surface area contributed by atoms with E-state index >= 15 is 0 Å². The van der Waals surface area contributed by atoms with Crippen molar-refractivity contribution in [3.63, 3.8) is 0 Å². The van der Waals surface area contributed by atoms with E-state index in [2.05, 4.69) is 11.4 Å². The molecule has 1 amide bonds. The van der Waals surface area contributed by atoms with Crippen LogP contribution in [0.15, 0.2) is 17.5 Å². The monoisotopic (exact) mass is 304 g/mol. The third-order valence-electron chi connectivity index (χ3n) is 3.44. The van der Waals surface area contributed by atoms with E-state index in [9.17, 15) is 4.79 Å². The number of ether oxygens (including phenoxy) is 1. The largest absolute Gasteiger partial charge is 0.380 e. The molecule has 2 rings (SSSR count). The molecule has 1 aliphatic heterocycles. The molecule has 1 saturated heterocycles.